The van der Waals surface area contributed by atoms with Gasteiger partial charge < -0.3 is 15.4 Å². The third-order valence-corrected chi connectivity index (χ3v) is 4.89. The van der Waals surface area contributed by atoms with E-state index < -0.39 is 5.97 Å². The Morgan fingerprint density at radius 3 is 2.46 bits per heavy atom. The quantitative estimate of drug-likeness (QED) is 0.744. The molecule has 0 radical (unpaired) electrons. The van der Waals surface area contributed by atoms with E-state index in [0.717, 1.165) is 16.9 Å². The van der Waals surface area contributed by atoms with Crippen molar-refractivity contribution < 1.29 is 19.1 Å². The molecule has 0 bridgehead atoms. The van der Waals surface area contributed by atoms with Crippen LogP contribution in [0.25, 0.3) is 0 Å². The number of benzene rings is 1. The largest absolute Gasteiger partial charge is 0.462 e. The molecule has 2 rings (SSSR count). The minimum absolute atomic E-state index is 0.208. The molecular weight excluding hydrogens is 352 g/mol. The van der Waals surface area contributed by atoms with Crippen LogP contribution in [0.1, 0.15) is 51.4 Å². The molecule has 26 heavy (non-hydrogen) atoms. The monoisotopic (exact) mass is 374 g/mol. The molecule has 0 aliphatic carbocycles. The summed E-state index contributed by atoms with van der Waals surface area (Å²) in [5.41, 5.74) is 2.41. The molecule has 0 spiro atoms. The Hall–Kier alpha value is -2.67. The second-order valence-electron chi connectivity index (χ2n) is 5.71. The van der Waals surface area contributed by atoms with Gasteiger partial charge in [-0.25, -0.2) is 4.79 Å². The van der Waals surface area contributed by atoms with Crippen molar-refractivity contribution in [3.63, 3.8) is 0 Å². The van der Waals surface area contributed by atoms with Crippen LogP contribution in [0.5, 0.6) is 0 Å². The molecule has 1 heterocycles. The fraction of sp³-hybridized carbons (Fsp3) is 0.316. The van der Waals surface area contributed by atoms with Crippen LogP contribution in [0.3, 0.4) is 0 Å². The van der Waals surface area contributed by atoms with Crippen molar-refractivity contribution in [1.29, 1.82) is 0 Å². The number of hydrogen-bond acceptors (Lipinski definition) is 5. The highest BCUT2D eigenvalue weighted by molar-refractivity contribution is 7.18. The number of rotatable bonds is 6. The Kier molecular flexibility index (Phi) is 6.52. The van der Waals surface area contributed by atoms with Crippen molar-refractivity contribution in [2.75, 3.05) is 17.2 Å². The number of hydrogen-bond donors (Lipinski definition) is 2. The van der Waals surface area contributed by atoms with E-state index in [1.165, 1.54) is 0 Å². The SMILES string of the molecule is CCOC(=O)c1c(NC(=O)CC)sc(C(=O)Nc2cccc(C)c2)c1C. The highest BCUT2D eigenvalue weighted by atomic mass is 32.1. The lowest BCUT2D eigenvalue weighted by Crippen LogP contribution is -2.14. The predicted molar refractivity (Wildman–Crippen MR) is 103 cm³/mol. The van der Waals surface area contributed by atoms with Gasteiger partial charge in [-0.3, -0.25) is 9.59 Å². The van der Waals surface area contributed by atoms with E-state index in [-0.39, 0.29) is 30.4 Å². The summed E-state index contributed by atoms with van der Waals surface area (Å²) in [4.78, 5) is 37.1. The predicted octanol–water partition coefficient (Wildman–Crippen LogP) is 4.14. The number of carbonyl (C=O) groups is 3. The minimum Gasteiger partial charge on any atom is -0.462 e. The molecule has 0 fully saturated rings. The van der Waals surface area contributed by atoms with Gasteiger partial charge in [0.2, 0.25) is 5.91 Å². The van der Waals surface area contributed by atoms with Crippen molar-refractivity contribution >= 4 is 39.8 Å². The Labute approximate surface area is 156 Å². The maximum Gasteiger partial charge on any atom is 0.341 e. The number of nitrogens with one attached hydrogen (secondary N) is 2. The lowest BCUT2D eigenvalue weighted by atomic mass is 10.1. The Bertz CT molecular complexity index is 842. The second kappa shape index (κ2) is 8.62. The molecule has 0 saturated carbocycles. The topological polar surface area (TPSA) is 84.5 Å². The molecule has 7 heteroatoms. The zero-order valence-electron chi connectivity index (χ0n) is 15.3. The zero-order chi connectivity index (χ0) is 19.3. The summed E-state index contributed by atoms with van der Waals surface area (Å²) >= 11 is 1.07. The van der Waals surface area contributed by atoms with E-state index in [0.29, 0.717) is 21.1 Å². The van der Waals surface area contributed by atoms with Gasteiger partial charge in [-0.2, -0.15) is 0 Å². The molecule has 6 nitrogen and oxygen atoms in total. The average molecular weight is 374 g/mol. The zero-order valence-corrected chi connectivity index (χ0v) is 16.1. The smallest absolute Gasteiger partial charge is 0.341 e. The first-order valence-corrected chi connectivity index (χ1v) is 9.17. The van der Waals surface area contributed by atoms with Crippen LogP contribution in [0.15, 0.2) is 24.3 Å². The third kappa shape index (κ3) is 4.49. The van der Waals surface area contributed by atoms with Crippen LogP contribution < -0.4 is 10.6 Å². The van der Waals surface area contributed by atoms with Gasteiger partial charge >= 0.3 is 5.97 Å². The van der Waals surface area contributed by atoms with Gasteiger partial charge in [0, 0.05) is 12.1 Å². The summed E-state index contributed by atoms with van der Waals surface area (Å²) in [6.45, 7) is 7.24. The maximum absolute atomic E-state index is 12.7. The first-order chi connectivity index (χ1) is 12.4. The molecule has 0 atom stereocenters. The first kappa shape index (κ1) is 19.7. The van der Waals surface area contributed by atoms with E-state index in [1.807, 2.05) is 25.1 Å². The second-order valence-corrected chi connectivity index (χ2v) is 6.73. The number of anilines is 2. The van der Waals surface area contributed by atoms with E-state index in [4.69, 9.17) is 4.74 Å². The number of amides is 2. The number of esters is 1. The number of carbonyl (C=O) groups excluding carboxylic acids is 3. The molecule has 0 saturated heterocycles. The van der Waals surface area contributed by atoms with E-state index in [2.05, 4.69) is 10.6 Å². The van der Waals surface area contributed by atoms with Gasteiger partial charge in [0.25, 0.3) is 5.91 Å². The standard InChI is InChI=1S/C19H22N2O4S/c1-5-14(22)21-18-15(19(24)25-6-2)12(4)16(26-18)17(23)20-13-9-7-8-11(3)10-13/h7-10H,5-6H2,1-4H3,(H,20,23)(H,21,22). The normalized spacial score (nSPS) is 10.3. The van der Waals surface area contributed by atoms with Gasteiger partial charge in [0.05, 0.1) is 17.0 Å². The summed E-state index contributed by atoms with van der Waals surface area (Å²) in [5, 5.41) is 5.85. The summed E-state index contributed by atoms with van der Waals surface area (Å²) < 4.78 is 5.08. The average Bonchev–Trinajstić information content (AvgIpc) is 2.91. The van der Waals surface area contributed by atoms with Crippen LogP contribution in [0, 0.1) is 13.8 Å². The van der Waals surface area contributed by atoms with Gasteiger partial charge in [0.1, 0.15) is 5.00 Å². The van der Waals surface area contributed by atoms with Crippen LogP contribution in [-0.2, 0) is 9.53 Å². The first-order valence-electron chi connectivity index (χ1n) is 8.35. The Morgan fingerprint density at radius 2 is 1.85 bits per heavy atom. The summed E-state index contributed by atoms with van der Waals surface area (Å²) in [6, 6.07) is 7.43. The minimum atomic E-state index is -0.553. The van der Waals surface area contributed by atoms with Crippen molar-refractivity contribution in [2.24, 2.45) is 0 Å². The van der Waals surface area contributed by atoms with Gasteiger partial charge in [-0.05, 0) is 44.0 Å². The molecule has 0 aliphatic rings. The van der Waals surface area contributed by atoms with E-state index >= 15 is 0 Å². The third-order valence-electron chi connectivity index (χ3n) is 3.68. The van der Waals surface area contributed by atoms with E-state index in [9.17, 15) is 14.4 Å². The summed E-state index contributed by atoms with van der Waals surface area (Å²) in [7, 11) is 0. The fourth-order valence-electron chi connectivity index (χ4n) is 2.39. The molecule has 1 aromatic carbocycles. The fourth-order valence-corrected chi connectivity index (χ4v) is 3.50. The van der Waals surface area contributed by atoms with E-state index in [1.54, 1.807) is 26.8 Å². The number of thiophene rings is 1. The lowest BCUT2D eigenvalue weighted by molar-refractivity contribution is -0.115. The highest BCUT2D eigenvalue weighted by Gasteiger charge is 2.26. The molecule has 1 aromatic heterocycles. The summed E-state index contributed by atoms with van der Waals surface area (Å²) in [5.74, 6) is -1.12. The molecule has 2 N–H and O–H groups in total. The van der Waals surface area contributed by atoms with Crippen molar-refractivity contribution in [3.8, 4) is 0 Å². The molecular formula is C19H22N2O4S. The summed E-state index contributed by atoms with van der Waals surface area (Å²) in [6.07, 6.45) is 0.268. The molecule has 0 unspecified atom stereocenters. The van der Waals surface area contributed by atoms with Crippen molar-refractivity contribution in [3.05, 3.63) is 45.8 Å². The maximum atomic E-state index is 12.7. The van der Waals surface area contributed by atoms with Crippen molar-refractivity contribution in [1.82, 2.24) is 0 Å². The number of aryl methyl sites for hydroxylation is 1. The molecule has 2 amide bonds. The molecule has 2 aromatic rings. The Morgan fingerprint density at radius 1 is 1.12 bits per heavy atom. The Balaban J connectivity index is 2.38. The van der Waals surface area contributed by atoms with Gasteiger partial charge in [0.15, 0.2) is 0 Å². The lowest BCUT2D eigenvalue weighted by Gasteiger charge is -2.06. The number of ether oxygens (including phenoxy) is 1. The highest BCUT2D eigenvalue weighted by Crippen LogP contribution is 2.34. The van der Waals surface area contributed by atoms with Crippen molar-refractivity contribution in [2.45, 2.75) is 34.1 Å². The van der Waals surface area contributed by atoms with Crippen LogP contribution in [-0.4, -0.2) is 24.4 Å². The molecule has 0 aliphatic heterocycles. The van der Waals surface area contributed by atoms with Crippen LogP contribution in [0.4, 0.5) is 10.7 Å². The molecule has 138 valence electrons. The van der Waals surface area contributed by atoms with Crippen LogP contribution in [0.2, 0.25) is 0 Å². The van der Waals surface area contributed by atoms with Crippen LogP contribution >= 0.6 is 11.3 Å². The van der Waals surface area contributed by atoms with Gasteiger partial charge in [-0.1, -0.05) is 19.1 Å². The van der Waals surface area contributed by atoms with Gasteiger partial charge in [-0.15, -0.1) is 11.3 Å².